The van der Waals surface area contributed by atoms with E-state index in [4.69, 9.17) is 14.6 Å². The number of aliphatic hydroxyl groups is 1. The molecule has 0 bridgehead atoms. The Balaban J connectivity index is 2.34. The highest BCUT2D eigenvalue weighted by Crippen LogP contribution is 2.30. The van der Waals surface area contributed by atoms with Crippen molar-refractivity contribution in [1.29, 1.82) is 0 Å². The van der Waals surface area contributed by atoms with Gasteiger partial charge in [-0.25, -0.2) is 4.79 Å². The number of hydrogen-bond acceptors (Lipinski definition) is 4. The molecule has 0 aromatic heterocycles. The Kier molecular flexibility index (Phi) is 6.80. The van der Waals surface area contributed by atoms with Gasteiger partial charge in [0.25, 0.3) is 0 Å². The highest BCUT2D eigenvalue weighted by Gasteiger charge is 2.26. The normalized spacial score (nSPS) is 24.2. The lowest BCUT2D eigenvalue weighted by atomic mass is 9.83. The first kappa shape index (κ1) is 16.4. The SMILES string of the molecule is CC(C)(C)OC(=O)COC1CCCCC1CCCO. The van der Waals surface area contributed by atoms with Gasteiger partial charge in [0.2, 0.25) is 0 Å². The van der Waals surface area contributed by atoms with Crippen LogP contribution in [0.1, 0.15) is 59.3 Å². The van der Waals surface area contributed by atoms with Crippen LogP contribution in [0.5, 0.6) is 0 Å². The summed E-state index contributed by atoms with van der Waals surface area (Å²) in [5.41, 5.74) is -0.455. The number of rotatable bonds is 6. The van der Waals surface area contributed by atoms with Crippen LogP contribution >= 0.6 is 0 Å². The van der Waals surface area contributed by atoms with Crippen LogP contribution in [0.15, 0.2) is 0 Å². The Morgan fingerprint density at radius 1 is 1.26 bits per heavy atom. The molecule has 0 heterocycles. The second-order valence-corrected chi connectivity index (χ2v) is 6.35. The second-order valence-electron chi connectivity index (χ2n) is 6.35. The van der Waals surface area contributed by atoms with Crippen molar-refractivity contribution >= 4 is 5.97 Å². The van der Waals surface area contributed by atoms with Crippen molar-refractivity contribution in [3.05, 3.63) is 0 Å². The summed E-state index contributed by atoms with van der Waals surface area (Å²) in [6.07, 6.45) is 6.48. The summed E-state index contributed by atoms with van der Waals surface area (Å²) < 4.78 is 11.0. The molecule has 1 rings (SSSR count). The predicted octanol–water partition coefficient (Wildman–Crippen LogP) is 2.68. The largest absolute Gasteiger partial charge is 0.458 e. The minimum Gasteiger partial charge on any atom is -0.458 e. The van der Waals surface area contributed by atoms with Gasteiger partial charge in [0.05, 0.1) is 6.10 Å². The topological polar surface area (TPSA) is 55.8 Å². The van der Waals surface area contributed by atoms with E-state index >= 15 is 0 Å². The third kappa shape index (κ3) is 6.92. The first-order chi connectivity index (χ1) is 8.92. The molecule has 4 nitrogen and oxygen atoms in total. The average molecular weight is 272 g/mol. The van der Waals surface area contributed by atoms with Crippen molar-refractivity contribution in [3.63, 3.8) is 0 Å². The van der Waals surface area contributed by atoms with Crippen molar-refractivity contribution in [2.45, 2.75) is 71.0 Å². The molecule has 1 aliphatic rings. The van der Waals surface area contributed by atoms with Crippen molar-refractivity contribution in [2.75, 3.05) is 13.2 Å². The first-order valence-electron chi connectivity index (χ1n) is 7.36. The van der Waals surface area contributed by atoms with Crippen molar-refractivity contribution in [1.82, 2.24) is 0 Å². The molecule has 1 fully saturated rings. The van der Waals surface area contributed by atoms with Crippen LogP contribution in [0, 0.1) is 5.92 Å². The van der Waals surface area contributed by atoms with E-state index in [-0.39, 0.29) is 25.3 Å². The van der Waals surface area contributed by atoms with Crippen LogP contribution < -0.4 is 0 Å². The molecule has 1 aliphatic carbocycles. The highest BCUT2D eigenvalue weighted by molar-refractivity contribution is 5.71. The third-order valence-electron chi connectivity index (χ3n) is 3.41. The minimum atomic E-state index is -0.455. The van der Waals surface area contributed by atoms with Crippen LogP contribution in [0.4, 0.5) is 0 Å². The zero-order valence-corrected chi connectivity index (χ0v) is 12.5. The van der Waals surface area contributed by atoms with Crippen LogP contribution in [0.3, 0.4) is 0 Å². The number of esters is 1. The number of carbonyl (C=O) groups excluding carboxylic acids is 1. The zero-order chi connectivity index (χ0) is 14.3. The molecule has 0 aromatic carbocycles. The second kappa shape index (κ2) is 7.85. The minimum absolute atomic E-state index is 0.0392. The van der Waals surface area contributed by atoms with E-state index in [1.807, 2.05) is 20.8 Å². The third-order valence-corrected chi connectivity index (χ3v) is 3.41. The van der Waals surface area contributed by atoms with Gasteiger partial charge >= 0.3 is 5.97 Å². The summed E-state index contributed by atoms with van der Waals surface area (Å²) >= 11 is 0. The van der Waals surface area contributed by atoms with Gasteiger partial charge < -0.3 is 14.6 Å². The van der Waals surface area contributed by atoms with Crippen molar-refractivity contribution < 1.29 is 19.4 Å². The molecule has 0 aromatic rings. The summed E-state index contributed by atoms with van der Waals surface area (Å²) in [5, 5.41) is 8.91. The summed E-state index contributed by atoms with van der Waals surface area (Å²) in [4.78, 5) is 11.6. The highest BCUT2D eigenvalue weighted by atomic mass is 16.6. The van der Waals surface area contributed by atoms with Crippen LogP contribution in [-0.4, -0.2) is 36.0 Å². The van der Waals surface area contributed by atoms with Gasteiger partial charge in [-0.3, -0.25) is 0 Å². The van der Waals surface area contributed by atoms with Gasteiger partial charge in [0.15, 0.2) is 0 Å². The molecule has 4 heteroatoms. The monoisotopic (exact) mass is 272 g/mol. The summed E-state index contributed by atoms with van der Waals surface area (Å²) in [6.45, 7) is 5.84. The lowest BCUT2D eigenvalue weighted by molar-refractivity contribution is -0.164. The number of aliphatic hydroxyl groups excluding tert-OH is 1. The van der Waals surface area contributed by atoms with E-state index in [0.29, 0.717) is 5.92 Å². The fraction of sp³-hybridized carbons (Fsp3) is 0.933. The molecule has 2 atom stereocenters. The number of ether oxygens (including phenoxy) is 2. The average Bonchev–Trinajstić information content (AvgIpc) is 2.32. The maximum Gasteiger partial charge on any atom is 0.332 e. The zero-order valence-electron chi connectivity index (χ0n) is 12.5. The Morgan fingerprint density at radius 2 is 1.95 bits per heavy atom. The molecule has 112 valence electrons. The quantitative estimate of drug-likeness (QED) is 0.755. The molecular formula is C15H28O4. The smallest absolute Gasteiger partial charge is 0.332 e. The van der Waals surface area contributed by atoms with Crippen LogP contribution in [0.2, 0.25) is 0 Å². The van der Waals surface area contributed by atoms with E-state index in [1.54, 1.807) is 0 Å². The molecule has 1 saturated carbocycles. The van der Waals surface area contributed by atoms with Gasteiger partial charge in [-0.1, -0.05) is 12.8 Å². The molecular weight excluding hydrogens is 244 g/mol. The van der Waals surface area contributed by atoms with Gasteiger partial charge in [-0.2, -0.15) is 0 Å². The maximum absolute atomic E-state index is 11.6. The maximum atomic E-state index is 11.6. The van der Waals surface area contributed by atoms with Gasteiger partial charge in [0, 0.05) is 6.61 Å². The molecule has 0 amide bonds. The van der Waals surface area contributed by atoms with Gasteiger partial charge in [-0.05, 0) is 52.4 Å². The van der Waals surface area contributed by atoms with Crippen molar-refractivity contribution in [3.8, 4) is 0 Å². The Hall–Kier alpha value is -0.610. The lowest BCUT2D eigenvalue weighted by Crippen LogP contribution is -2.32. The summed E-state index contributed by atoms with van der Waals surface area (Å²) in [5.74, 6) is 0.183. The van der Waals surface area contributed by atoms with Crippen LogP contribution in [0.25, 0.3) is 0 Å². The van der Waals surface area contributed by atoms with Gasteiger partial charge in [0.1, 0.15) is 12.2 Å². The summed E-state index contributed by atoms with van der Waals surface area (Å²) in [7, 11) is 0. The molecule has 0 radical (unpaired) electrons. The Morgan fingerprint density at radius 3 is 2.58 bits per heavy atom. The van der Waals surface area contributed by atoms with Crippen molar-refractivity contribution in [2.24, 2.45) is 5.92 Å². The standard InChI is InChI=1S/C15H28O4/c1-15(2,3)19-14(17)11-18-13-9-5-4-7-12(13)8-6-10-16/h12-13,16H,4-11H2,1-3H3. The van der Waals surface area contributed by atoms with Gasteiger partial charge in [-0.15, -0.1) is 0 Å². The molecule has 1 N–H and O–H groups in total. The van der Waals surface area contributed by atoms with E-state index in [1.165, 1.54) is 6.42 Å². The molecule has 0 spiro atoms. The molecule has 19 heavy (non-hydrogen) atoms. The Labute approximate surface area is 116 Å². The molecule has 0 saturated heterocycles. The summed E-state index contributed by atoms with van der Waals surface area (Å²) in [6, 6.07) is 0. The lowest BCUT2D eigenvalue weighted by Gasteiger charge is -2.31. The van der Waals surface area contributed by atoms with E-state index < -0.39 is 5.60 Å². The number of hydrogen-bond donors (Lipinski definition) is 1. The van der Waals surface area contributed by atoms with E-state index in [0.717, 1.165) is 32.1 Å². The first-order valence-corrected chi connectivity index (χ1v) is 7.36. The molecule has 2 unspecified atom stereocenters. The Bertz CT molecular complexity index is 270. The predicted molar refractivity (Wildman–Crippen MR) is 73.9 cm³/mol. The number of carbonyl (C=O) groups is 1. The van der Waals surface area contributed by atoms with Crippen LogP contribution in [-0.2, 0) is 14.3 Å². The van der Waals surface area contributed by atoms with E-state index in [2.05, 4.69) is 0 Å². The van der Waals surface area contributed by atoms with E-state index in [9.17, 15) is 4.79 Å². The molecule has 0 aliphatic heterocycles. The fourth-order valence-electron chi connectivity index (χ4n) is 2.62. The fourth-order valence-corrected chi connectivity index (χ4v) is 2.62.